The van der Waals surface area contributed by atoms with Crippen LogP contribution < -0.4 is 5.43 Å². The van der Waals surface area contributed by atoms with Gasteiger partial charge >= 0.3 is 6.09 Å². The molecule has 1 aliphatic heterocycles. The number of likely N-dealkylation sites (tertiary alicyclic amines) is 1. The van der Waals surface area contributed by atoms with Gasteiger partial charge in [0.15, 0.2) is 0 Å². The summed E-state index contributed by atoms with van der Waals surface area (Å²) in [5.41, 5.74) is 3.83. The highest BCUT2D eigenvalue weighted by atomic mass is 32.1. The Bertz CT molecular complexity index is 372. The summed E-state index contributed by atoms with van der Waals surface area (Å²) < 4.78 is 5.31. The van der Waals surface area contributed by atoms with E-state index in [1.807, 2.05) is 27.8 Å². The SMILES string of the molecule is CN/N=C(/C1CN(C(=O)OC(C)(C)C)C1)N(C)C=S. The number of hydrogen-bond donors (Lipinski definition) is 1. The largest absolute Gasteiger partial charge is 0.444 e. The van der Waals surface area contributed by atoms with E-state index in [0.717, 1.165) is 5.84 Å². The molecular formula is C12H22N4O2S. The Balaban J connectivity index is 2.54. The fourth-order valence-electron chi connectivity index (χ4n) is 1.74. The number of carbonyl (C=O) groups is 1. The van der Waals surface area contributed by atoms with Crippen LogP contribution in [-0.4, -0.2) is 60.0 Å². The molecule has 0 aromatic carbocycles. The zero-order valence-electron chi connectivity index (χ0n) is 12.1. The Labute approximate surface area is 119 Å². The van der Waals surface area contributed by atoms with Gasteiger partial charge in [-0.3, -0.25) is 0 Å². The van der Waals surface area contributed by atoms with Gasteiger partial charge in [-0.05, 0) is 20.8 Å². The average Bonchev–Trinajstić information content (AvgIpc) is 2.22. The van der Waals surface area contributed by atoms with Crippen LogP contribution in [0.4, 0.5) is 4.79 Å². The monoisotopic (exact) mass is 286 g/mol. The topological polar surface area (TPSA) is 57.2 Å². The molecule has 1 N–H and O–H groups in total. The van der Waals surface area contributed by atoms with Crippen molar-refractivity contribution in [3.8, 4) is 0 Å². The van der Waals surface area contributed by atoms with Crippen LogP contribution in [0.3, 0.4) is 0 Å². The van der Waals surface area contributed by atoms with E-state index < -0.39 is 5.60 Å². The Morgan fingerprint density at radius 2 is 2.11 bits per heavy atom. The fraction of sp³-hybridized carbons (Fsp3) is 0.750. The van der Waals surface area contributed by atoms with Crippen molar-refractivity contribution in [1.29, 1.82) is 0 Å². The Kier molecular flexibility index (Phi) is 5.11. The van der Waals surface area contributed by atoms with Gasteiger partial charge in [-0.1, -0.05) is 12.2 Å². The number of amidine groups is 1. The summed E-state index contributed by atoms with van der Waals surface area (Å²) in [6.07, 6.45) is -0.280. The second-order valence-corrected chi connectivity index (χ2v) is 5.70. The molecule has 0 radical (unpaired) electrons. The first-order valence-corrected chi connectivity index (χ1v) is 6.66. The third kappa shape index (κ3) is 4.34. The molecule has 0 aliphatic carbocycles. The molecule has 1 amide bonds. The zero-order valence-corrected chi connectivity index (χ0v) is 13.0. The van der Waals surface area contributed by atoms with Crippen LogP contribution in [0.1, 0.15) is 20.8 Å². The molecule has 0 spiro atoms. The molecule has 7 heteroatoms. The first-order valence-electron chi connectivity index (χ1n) is 6.19. The predicted octanol–water partition coefficient (Wildman–Crippen LogP) is 1.28. The molecule has 6 nitrogen and oxygen atoms in total. The third-order valence-corrected chi connectivity index (χ3v) is 2.96. The van der Waals surface area contributed by atoms with Gasteiger partial charge in [0.2, 0.25) is 0 Å². The molecule has 1 heterocycles. The first kappa shape index (κ1) is 15.7. The highest BCUT2D eigenvalue weighted by Crippen LogP contribution is 2.21. The summed E-state index contributed by atoms with van der Waals surface area (Å²) in [5, 5.41) is 4.20. The lowest BCUT2D eigenvalue weighted by atomic mass is 9.99. The van der Waals surface area contributed by atoms with Gasteiger partial charge in [-0.2, -0.15) is 5.10 Å². The van der Waals surface area contributed by atoms with Crippen LogP contribution in [0.5, 0.6) is 0 Å². The van der Waals surface area contributed by atoms with E-state index >= 15 is 0 Å². The quantitative estimate of drug-likeness (QED) is 0.366. The highest BCUT2D eigenvalue weighted by Gasteiger charge is 2.37. The molecule has 1 aliphatic rings. The van der Waals surface area contributed by atoms with E-state index in [0.29, 0.717) is 13.1 Å². The summed E-state index contributed by atoms with van der Waals surface area (Å²) in [6, 6.07) is 0. The van der Waals surface area contributed by atoms with Gasteiger partial charge in [0.05, 0.1) is 11.4 Å². The fourth-order valence-corrected chi connectivity index (χ4v) is 1.85. The molecule has 0 unspecified atom stereocenters. The van der Waals surface area contributed by atoms with Gasteiger partial charge in [0.1, 0.15) is 11.4 Å². The van der Waals surface area contributed by atoms with Gasteiger partial charge in [0, 0.05) is 27.2 Å². The number of hydrazone groups is 1. The summed E-state index contributed by atoms with van der Waals surface area (Å²) >= 11 is 4.90. The Morgan fingerprint density at radius 1 is 1.53 bits per heavy atom. The van der Waals surface area contributed by atoms with E-state index in [1.54, 1.807) is 16.8 Å². The third-order valence-electron chi connectivity index (χ3n) is 2.64. The first-order chi connectivity index (χ1) is 8.78. The van der Waals surface area contributed by atoms with Gasteiger partial charge in [0.25, 0.3) is 0 Å². The molecule has 0 saturated carbocycles. The molecule has 1 saturated heterocycles. The zero-order chi connectivity index (χ0) is 14.6. The van der Waals surface area contributed by atoms with Crippen molar-refractivity contribution < 1.29 is 9.53 Å². The van der Waals surface area contributed by atoms with Crippen LogP contribution in [-0.2, 0) is 4.74 Å². The van der Waals surface area contributed by atoms with Gasteiger partial charge in [-0.25, -0.2) is 4.79 Å². The maximum atomic E-state index is 11.8. The minimum absolute atomic E-state index is 0.184. The van der Waals surface area contributed by atoms with Crippen molar-refractivity contribution in [1.82, 2.24) is 15.2 Å². The lowest BCUT2D eigenvalue weighted by Crippen LogP contribution is -2.57. The highest BCUT2D eigenvalue weighted by molar-refractivity contribution is 7.78. The van der Waals surface area contributed by atoms with Gasteiger partial charge in [-0.15, -0.1) is 0 Å². The number of thiocarbonyl (C=S) groups is 1. The second-order valence-electron chi connectivity index (χ2n) is 5.49. The minimum Gasteiger partial charge on any atom is -0.444 e. The molecule has 1 rings (SSSR count). The number of nitrogens with zero attached hydrogens (tertiary/aromatic N) is 3. The van der Waals surface area contributed by atoms with E-state index in [-0.39, 0.29) is 12.0 Å². The van der Waals surface area contributed by atoms with Crippen molar-refractivity contribution in [2.75, 3.05) is 27.2 Å². The number of hydrogen-bond acceptors (Lipinski definition) is 5. The smallest absolute Gasteiger partial charge is 0.410 e. The standard InChI is InChI=1S/C12H22N4O2S/c1-12(2,3)18-11(17)16-6-9(7-16)10(14-13-4)15(5)8-19/h8-9,13H,6-7H2,1-5H3/b14-10-. The normalized spacial score (nSPS) is 16.7. The maximum absolute atomic E-state index is 11.8. The average molecular weight is 286 g/mol. The van der Waals surface area contributed by atoms with E-state index in [1.165, 1.54) is 5.49 Å². The predicted molar refractivity (Wildman–Crippen MR) is 79.2 cm³/mol. The van der Waals surface area contributed by atoms with E-state index in [9.17, 15) is 4.79 Å². The Hall–Kier alpha value is -1.37. The minimum atomic E-state index is -0.463. The van der Waals surface area contributed by atoms with Crippen LogP contribution >= 0.6 is 12.2 Å². The molecule has 1 fully saturated rings. The van der Waals surface area contributed by atoms with Crippen LogP contribution in [0.25, 0.3) is 0 Å². The second kappa shape index (κ2) is 6.18. The van der Waals surface area contributed by atoms with Crippen molar-refractivity contribution in [2.24, 2.45) is 11.0 Å². The number of ether oxygens (including phenoxy) is 1. The van der Waals surface area contributed by atoms with Crippen molar-refractivity contribution in [3.05, 3.63) is 0 Å². The van der Waals surface area contributed by atoms with Gasteiger partial charge < -0.3 is 20.0 Å². The maximum Gasteiger partial charge on any atom is 0.410 e. The summed E-state index contributed by atoms with van der Waals surface area (Å²) in [5.74, 6) is 1.02. The molecule has 0 bridgehead atoms. The molecular weight excluding hydrogens is 264 g/mol. The lowest BCUT2D eigenvalue weighted by molar-refractivity contribution is 0.00625. The number of nitrogens with one attached hydrogen (secondary N) is 1. The van der Waals surface area contributed by atoms with Crippen LogP contribution in [0.2, 0.25) is 0 Å². The van der Waals surface area contributed by atoms with Crippen LogP contribution in [0.15, 0.2) is 5.10 Å². The Morgan fingerprint density at radius 3 is 2.53 bits per heavy atom. The van der Waals surface area contributed by atoms with E-state index in [2.05, 4.69) is 10.5 Å². The molecule has 0 aromatic rings. The number of carbonyl (C=O) groups excluding carboxylic acids is 1. The number of amides is 1. The van der Waals surface area contributed by atoms with Crippen molar-refractivity contribution in [3.63, 3.8) is 0 Å². The summed E-state index contributed by atoms with van der Waals surface area (Å²) in [4.78, 5) is 15.3. The number of rotatable bonds is 3. The van der Waals surface area contributed by atoms with Crippen molar-refractivity contribution >= 4 is 29.6 Å². The van der Waals surface area contributed by atoms with E-state index in [4.69, 9.17) is 17.0 Å². The summed E-state index contributed by atoms with van der Waals surface area (Å²) in [6.45, 7) is 6.77. The summed E-state index contributed by atoms with van der Waals surface area (Å²) in [7, 11) is 3.58. The molecule has 19 heavy (non-hydrogen) atoms. The molecule has 0 atom stereocenters. The van der Waals surface area contributed by atoms with Crippen molar-refractivity contribution in [2.45, 2.75) is 26.4 Å². The molecule has 0 aromatic heterocycles. The van der Waals surface area contributed by atoms with Crippen LogP contribution in [0, 0.1) is 5.92 Å². The molecule has 108 valence electrons. The lowest BCUT2D eigenvalue weighted by Gasteiger charge is -2.41.